The molecule has 9 nitrogen and oxygen atoms in total. The lowest BCUT2D eigenvalue weighted by Gasteiger charge is -2.35. The fourth-order valence-electron chi connectivity index (χ4n) is 3.52. The van der Waals surface area contributed by atoms with Gasteiger partial charge in [0.25, 0.3) is 11.6 Å². The number of hydrogen-bond acceptors (Lipinski definition) is 6. The molecule has 0 bridgehead atoms. The number of anilines is 1. The third-order valence-electron chi connectivity index (χ3n) is 5.31. The van der Waals surface area contributed by atoms with Gasteiger partial charge in [0.05, 0.1) is 10.7 Å². The maximum absolute atomic E-state index is 12.7. The molecule has 1 amide bonds. The number of hydrogen-bond donors (Lipinski definition) is 1. The van der Waals surface area contributed by atoms with Gasteiger partial charge in [-0.1, -0.05) is 18.2 Å². The van der Waals surface area contributed by atoms with E-state index >= 15 is 0 Å². The zero-order chi connectivity index (χ0) is 22.6. The number of nitrogens with zero attached hydrogens (tertiary/aromatic N) is 3. The molecule has 0 aliphatic carbocycles. The van der Waals surface area contributed by atoms with Gasteiger partial charge in [0.15, 0.2) is 0 Å². The summed E-state index contributed by atoms with van der Waals surface area (Å²) in [5, 5.41) is 13.6. The molecule has 1 saturated heterocycles. The summed E-state index contributed by atoms with van der Waals surface area (Å²) in [5.74, 6) is -0.764. The van der Waals surface area contributed by atoms with E-state index in [0.717, 1.165) is 11.3 Å². The van der Waals surface area contributed by atoms with E-state index < -0.39 is 20.9 Å². The van der Waals surface area contributed by atoms with Crippen molar-refractivity contribution in [3.63, 3.8) is 0 Å². The molecule has 166 valence electrons. The Morgan fingerprint density at radius 3 is 2.45 bits per heavy atom. The number of aryl methyl sites for hydroxylation is 2. The first-order valence-electron chi connectivity index (χ1n) is 10.00. The van der Waals surface area contributed by atoms with E-state index in [0.29, 0.717) is 31.7 Å². The number of piperazine rings is 1. The Balaban J connectivity index is 1.52. The first-order valence-corrected chi connectivity index (χ1v) is 11.6. The minimum Gasteiger partial charge on any atom is -0.369 e. The molecule has 1 fully saturated rings. The lowest BCUT2D eigenvalue weighted by atomic mass is 10.1. The van der Waals surface area contributed by atoms with E-state index in [-0.39, 0.29) is 23.5 Å². The second kappa shape index (κ2) is 9.44. The molecule has 0 spiro atoms. The van der Waals surface area contributed by atoms with Crippen molar-refractivity contribution in [1.82, 2.24) is 9.62 Å². The Kier molecular flexibility index (Phi) is 6.91. The normalized spacial score (nSPS) is 15.0. The Bertz CT molecular complexity index is 1080. The maximum Gasteiger partial charge on any atom is 0.273 e. The molecule has 0 atom stereocenters. The van der Waals surface area contributed by atoms with Gasteiger partial charge >= 0.3 is 0 Å². The van der Waals surface area contributed by atoms with Crippen molar-refractivity contribution in [1.29, 1.82) is 0 Å². The molecule has 1 N–H and O–H groups in total. The summed E-state index contributed by atoms with van der Waals surface area (Å²) in [4.78, 5) is 24.9. The number of carbonyl (C=O) groups excluding carboxylic acids is 1. The topological polar surface area (TPSA) is 113 Å². The van der Waals surface area contributed by atoms with Crippen molar-refractivity contribution in [3.05, 3.63) is 69.3 Å². The van der Waals surface area contributed by atoms with Crippen LogP contribution in [0.5, 0.6) is 0 Å². The molecule has 1 aliphatic heterocycles. The number of nitro benzene ring substituents is 1. The lowest BCUT2D eigenvalue weighted by Crippen LogP contribution is -2.50. The first-order chi connectivity index (χ1) is 14.7. The molecular formula is C21H26N4O5S. The summed E-state index contributed by atoms with van der Waals surface area (Å²) in [7, 11) is -3.52. The highest BCUT2D eigenvalue weighted by Gasteiger charge is 2.27. The first kappa shape index (κ1) is 22.7. The average molecular weight is 447 g/mol. The van der Waals surface area contributed by atoms with Crippen LogP contribution in [0.3, 0.4) is 0 Å². The van der Waals surface area contributed by atoms with Crippen LogP contribution in [0.4, 0.5) is 11.4 Å². The molecule has 31 heavy (non-hydrogen) atoms. The van der Waals surface area contributed by atoms with Gasteiger partial charge in [-0.05, 0) is 37.6 Å². The highest BCUT2D eigenvalue weighted by Crippen LogP contribution is 2.20. The Morgan fingerprint density at radius 1 is 1.10 bits per heavy atom. The van der Waals surface area contributed by atoms with Crippen LogP contribution in [0.2, 0.25) is 0 Å². The number of nitrogens with one attached hydrogen (secondary N) is 1. The molecule has 10 heteroatoms. The number of rotatable bonds is 7. The monoisotopic (exact) mass is 446 g/mol. The zero-order valence-corrected chi connectivity index (χ0v) is 18.4. The minimum atomic E-state index is -3.52. The molecule has 3 rings (SSSR count). The van der Waals surface area contributed by atoms with Gasteiger partial charge in [0, 0.05) is 55.6 Å². The number of carbonyl (C=O) groups is 1. The third kappa shape index (κ3) is 5.59. The van der Waals surface area contributed by atoms with Gasteiger partial charge in [-0.15, -0.1) is 0 Å². The van der Waals surface area contributed by atoms with E-state index in [1.807, 2.05) is 25.1 Å². The number of benzene rings is 2. The molecule has 2 aromatic rings. The summed E-state index contributed by atoms with van der Waals surface area (Å²) in [6.07, 6.45) is 0. The van der Waals surface area contributed by atoms with Gasteiger partial charge in [-0.2, -0.15) is 4.31 Å². The number of nitro groups is 1. The zero-order valence-electron chi connectivity index (χ0n) is 17.6. The van der Waals surface area contributed by atoms with Crippen LogP contribution in [0.15, 0.2) is 42.5 Å². The Hall–Kier alpha value is -2.98. The van der Waals surface area contributed by atoms with Crippen LogP contribution >= 0.6 is 0 Å². The van der Waals surface area contributed by atoms with Crippen molar-refractivity contribution < 1.29 is 18.1 Å². The largest absolute Gasteiger partial charge is 0.369 e. The van der Waals surface area contributed by atoms with E-state index in [1.165, 1.54) is 22.5 Å². The molecule has 2 aromatic carbocycles. The maximum atomic E-state index is 12.7. The second-order valence-corrected chi connectivity index (χ2v) is 9.64. The number of amides is 1. The summed E-state index contributed by atoms with van der Waals surface area (Å²) in [5.41, 5.74) is 2.67. The average Bonchev–Trinajstić information content (AvgIpc) is 2.73. The van der Waals surface area contributed by atoms with Crippen LogP contribution in [0, 0.1) is 24.0 Å². The summed E-state index contributed by atoms with van der Waals surface area (Å²) < 4.78 is 26.8. The third-order valence-corrected chi connectivity index (χ3v) is 7.18. The quantitative estimate of drug-likeness (QED) is 0.515. The van der Waals surface area contributed by atoms with E-state index in [9.17, 15) is 23.3 Å². The van der Waals surface area contributed by atoms with Crippen LogP contribution in [0.25, 0.3) is 0 Å². The summed E-state index contributed by atoms with van der Waals surface area (Å²) in [6, 6.07) is 12.3. The highest BCUT2D eigenvalue weighted by molar-refractivity contribution is 7.89. The summed E-state index contributed by atoms with van der Waals surface area (Å²) in [6.45, 7) is 5.51. The van der Waals surface area contributed by atoms with Crippen molar-refractivity contribution >= 4 is 27.3 Å². The standard InChI is InChI=1S/C21H26N4O5S/c1-16-4-3-5-19(14-16)23-9-11-24(12-10-23)31(29,30)13-8-22-21(26)18-7-6-17(2)20(15-18)25(27)28/h3-7,14-15H,8-13H2,1-2H3,(H,22,26). The van der Waals surface area contributed by atoms with Gasteiger partial charge in [-0.25, -0.2) is 8.42 Å². The SMILES string of the molecule is Cc1cccc(N2CCN(S(=O)(=O)CCNC(=O)c3ccc(C)c([N+](=O)[O-])c3)CC2)c1. The lowest BCUT2D eigenvalue weighted by molar-refractivity contribution is -0.385. The molecular weight excluding hydrogens is 420 g/mol. The molecule has 1 heterocycles. The molecule has 0 saturated carbocycles. The van der Waals surface area contributed by atoms with Gasteiger partial charge in [-0.3, -0.25) is 14.9 Å². The van der Waals surface area contributed by atoms with E-state index in [4.69, 9.17) is 0 Å². The van der Waals surface area contributed by atoms with Crippen molar-refractivity contribution in [2.45, 2.75) is 13.8 Å². The smallest absolute Gasteiger partial charge is 0.273 e. The minimum absolute atomic E-state index is 0.0685. The van der Waals surface area contributed by atoms with Gasteiger partial charge in [0.2, 0.25) is 10.0 Å². The van der Waals surface area contributed by atoms with Crippen molar-refractivity contribution in [2.75, 3.05) is 43.4 Å². The van der Waals surface area contributed by atoms with Gasteiger partial charge in [0.1, 0.15) is 0 Å². The van der Waals surface area contributed by atoms with Crippen molar-refractivity contribution in [2.24, 2.45) is 0 Å². The van der Waals surface area contributed by atoms with Gasteiger partial charge < -0.3 is 10.2 Å². The predicted octanol–water partition coefficient (Wildman–Crippen LogP) is 2.09. The van der Waals surface area contributed by atoms with Crippen molar-refractivity contribution in [3.8, 4) is 0 Å². The fourth-order valence-corrected chi connectivity index (χ4v) is 4.86. The van der Waals surface area contributed by atoms with Crippen LogP contribution in [0.1, 0.15) is 21.5 Å². The molecule has 1 aliphatic rings. The van der Waals surface area contributed by atoms with Crippen LogP contribution < -0.4 is 10.2 Å². The van der Waals surface area contributed by atoms with E-state index in [2.05, 4.69) is 16.3 Å². The Morgan fingerprint density at radius 2 is 1.81 bits per heavy atom. The highest BCUT2D eigenvalue weighted by atomic mass is 32.2. The van der Waals surface area contributed by atoms with Crippen LogP contribution in [-0.4, -0.2) is 62.0 Å². The molecule has 0 radical (unpaired) electrons. The molecule has 0 aromatic heterocycles. The predicted molar refractivity (Wildman–Crippen MR) is 119 cm³/mol. The Labute approximate surface area is 181 Å². The second-order valence-electron chi connectivity index (χ2n) is 7.56. The molecule has 0 unspecified atom stereocenters. The fraction of sp³-hybridized carbons (Fsp3) is 0.381. The van der Waals surface area contributed by atoms with E-state index in [1.54, 1.807) is 6.92 Å². The number of sulfonamides is 1. The summed E-state index contributed by atoms with van der Waals surface area (Å²) >= 11 is 0. The van der Waals surface area contributed by atoms with Crippen LogP contribution in [-0.2, 0) is 10.0 Å².